The van der Waals surface area contributed by atoms with E-state index in [1.807, 2.05) is 27.7 Å². The Bertz CT molecular complexity index is 347. The standard InChI is InChI=1S/C9H6F4.2C2H6/c10-7-2-1-5(3-8(7)11)6-4-9(6,12)13;2*1-2/h1-3,6H,4H2;2*1-2H3. The van der Waals surface area contributed by atoms with Gasteiger partial charge in [0.15, 0.2) is 11.6 Å². The zero-order chi connectivity index (χ0) is 13.6. The van der Waals surface area contributed by atoms with Crippen LogP contribution in [0.15, 0.2) is 18.2 Å². The van der Waals surface area contributed by atoms with E-state index in [2.05, 4.69) is 0 Å². The molecule has 0 spiro atoms. The molecule has 0 radical (unpaired) electrons. The van der Waals surface area contributed by atoms with Crippen molar-refractivity contribution in [1.82, 2.24) is 0 Å². The summed E-state index contributed by atoms with van der Waals surface area (Å²) in [5.41, 5.74) is 0.170. The Morgan fingerprint density at radius 1 is 1.00 bits per heavy atom. The molecule has 0 amide bonds. The summed E-state index contributed by atoms with van der Waals surface area (Å²) < 4.78 is 50.0. The molecule has 1 atom stereocenters. The molecule has 4 heteroatoms. The summed E-state index contributed by atoms with van der Waals surface area (Å²) in [5, 5.41) is 0. The van der Waals surface area contributed by atoms with Crippen LogP contribution in [0, 0.1) is 11.6 Å². The van der Waals surface area contributed by atoms with Crippen molar-refractivity contribution in [2.24, 2.45) is 0 Å². The van der Waals surface area contributed by atoms with Crippen LogP contribution in [-0.4, -0.2) is 5.92 Å². The molecule has 1 aliphatic rings. The van der Waals surface area contributed by atoms with Gasteiger partial charge in [0.05, 0.1) is 5.92 Å². The Balaban J connectivity index is 0.000000581. The number of rotatable bonds is 1. The molecule has 0 aliphatic heterocycles. The highest BCUT2D eigenvalue weighted by Crippen LogP contribution is 2.55. The van der Waals surface area contributed by atoms with Crippen molar-refractivity contribution in [1.29, 1.82) is 0 Å². The molecule has 0 N–H and O–H groups in total. The molecule has 17 heavy (non-hydrogen) atoms. The summed E-state index contributed by atoms with van der Waals surface area (Å²) in [6.07, 6.45) is -0.266. The highest BCUT2D eigenvalue weighted by Gasteiger charge is 2.57. The lowest BCUT2D eigenvalue weighted by atomic mass is 10.1. The molecule has 1 unspecified atom stereocenters. The first-order valence-electron chi connectivity index (χ1n) is 5.83. The third-order valence-electron chi connectivity index (χ3n) is 2.17. The summed E-state index contributed by atoms with van der Waals surface area (Å²) in [7, 11) is 0. The molecule has 0 aromatic heterocycles. The first kappa shape index (κ1) is 15.9. The molecule has 1 aliphatic carbocycles. The van der Waals surface area contributed by atoms with Crippen molar-refractivity contribution >= 4 is 0 Å². The highest BCUT2D eigenvalue weighted by molar-refractivity contribution is 5.29. The van der Waals surface area contributed by atoms with Gasteiger partial charge in [-0.05, 0) is 17.7 Å². The number of hydrogen-bond donors (Lipinski definition) is 0. The van der Waals surface area contributed by atoms with Crippen LogP contribution in [0.3, 0.4) is 0 Å². The molecule has 1 saturated carbocycles. The van der Waals surface area contributed by atoms with E-state index in [-0.39, 0.29) is 12.0 Å². The molecule has 0 saturated heterocycles. The lowest BCUT2D eigenvalue weighted by molar-refractivity contribution is 0.112. The van der Waals surface area contributed by atoms with E-state index in [0.29, 0.717) is 0 Å². The van der Waals surface area contributed by atoms with Crippen LogP contribution in [0.2, 0.25) is 0 Å². The zero-order valence-corrected chi connectivity index (χ0v) is 10.5. The maximum atomic E-state index is 12.6. The van der Waals surface area contributed by atoms with E-state index in [0.717, 1.165) is 12.1 Å². The van der Waals surface area contributed by atoms with E-state index in [4.69, 9.17) is 0 Å². The summed E-state index contributed by atoms with van der Waals surface area (Å²) in [6.45, 7) is 8.00. The Morgan fingerprint density at radius 3 is 1.82 bits per heavy atom. The van der Waals surface area contributed by atoms with Gasteiger partial charge in [-0.3, -0.25) is 0 Å². The monoisotopic (exact) mass is 250 g/mol. The normalized spacial score (nSPS) is 19.4. The second kappa shape index (κ2) is 6.62. The van der Waals surface area contributed by atoms with Gasteiger partial charge in [0.2, 0.25) is 0 Å². The molecule has 98 valence electrons. The zero-order valence-electron chi connectivity index (χ0n) is 10.5. The number of hydrogen-bond acceptors (Lipinski definition) is 0. The Morgan fingerprint density at radius 2 is 1.47 bits per heavy atom. The van der Waals surface area contributed by atoms with Gasteiger partial charge >= 0.3 is 0 Å². The third-order valence-corrected chi connectivity index (χ3v) is 2.17. The molecule has 1 fully saturated rings. The number of halogens is 4. The van der Waals surface area contributed by atoms with Crippen molar-refractivity contribution in [2.75, 3.05) is 0 Å². The van der Waals surface area contributed by atoms with Crippen LogP contribution in [0.1, 0.15) is 45.6 Å². The molecule has 0 heterocycles. The Labute approximate surface area is 99.7 Å². The summed E-state index contributed by atoms with van der Waals surface area (Å²) in [6, 6.07) is 2.91. The predicted molar refractivity (Wildman–Crippen MR) is 61.4 cm³/mol. The minimum Gasteiger partial charge on any atom is -0.206 e. The third kappa shape index (κ3) is 4.02. The van der Waals surface area contributed by atoms with Crippen molar-refractivity contribution in [3.8, 4) is 0 Å². The fourth-order valence-corrected chi connectivity index (χ4v) is 1.30. The van der Waals surface area contributed by atoms with Gasteiger partial charge < -0.3 is 0 Å². The fraction of sp³-hybridized carbons (Fsp3) is 0.538. The van der Waals surface area contributed by atoms with Gasteiger partial charge in [-0.2, -0.15) is 0 Å². The van der Waals surface area contributed by atoms with Crippen LogP contribution in [0.25, 0.3) is 0 Å². The average molecular weight is 250 g/mol. The lowest BCUT2D eigenvalue weighted by Crippen LogP contribution is -1.94. The van der Waals surface area contributed by atoms with Gasteiger partial charge in [-0.15, -0.1) is 0 Å². The summed E-state index contributed by atoms with van der Waals surface area (Å²) in [4.78, 5) is 0. The fourth-order valence-electron chi connectivity index (χ4n) is 1.30. The largest absolute Gasteiger partial charge is 0.255 e. The van der Waals surface area contributed by atoms with Gasteiger partial charge in [0, 0.05) is 6.42 Å². The minimum atomic E-state index is -2.73. The number of benzene rings is 1. The second-order valence-electron chi connectivity index (χ2n) is 3.19. The van der Waals surface area contributed by atoms with Gasteiger partial charge in [0.1, 0.15) is 0 Å². The first-order valence-corrected chi connectivity index (χ1v) is 5.83. The minimum absolute atomic E-state index is 0.170. The van der Waals surface area contributed by atoms with E-state index in [1.54, 1.807) is 0 Å². The van der Waals surface area contributed by atoms with Crippen LogP contribution in [0.4, 0.5) is 17.6 Å². The molecule has 0 bridgehead atoms. The smallest absolute Gasteiger partial charge is 0.206 e. The summed E-state index contributed by atoms with van der Waals surface area (Å²) in [5.74, 6) is -5.74. The molecule has 2 rings (SSSR count). The maximum Gasteiger partial charge on any atom is 0.255 e. The van der Waals surface area contributed by atoms with Gasteiger partial charge in [-0.25, -0.2) is 17.6 Å². The molecule has 1 aromatic carbocycles. The predicted octanol–water partition coefficient (Wildman–Crippen LogP) is 5.14. The van der Waals surface area contributed by atoms with E-state index in [1.165, 1.54) is 6.07 Å². The van der Waals surface area contributed by atoms with Crippen LogP contribution < -0.4 is 0 Å². The first-order chi connectivity index (χ1) is 8.00. The average Bonchev–Trinajstić information content (AvgIpc) is 2.97. The van der Waals surface area contributed by atoms with Crippen LogP contribution in [-0.2, 0) is 0 Å². The highest BCUT2D eigenvalue weighted by atomic mass is 19.3. The molecular weight excluding hydrogens is 232 g/mol. The molecule has 1 aromatic rings. The number of alkyl halides is 2. The van der Waals surface area contributed by atoms with Crippen molar-refractivity contribution < 1.29 is 17.6 Å². The van der Waals surface area contributed by atoms with E-state index in [9.17, 15) is 17.6 Å². The maximum absolute atomic E-state index is 12.6. The van der Waals surface area contributed by atoms with Gasteiger partial charge in [-0.1, -0.05) is 33.8 Å². The quantitative estimate of drug-likeness (QED) is 0.605. The van der Waals surface area contributed by atoms with Crippen LogP contribution >= 0.6 is 0 Å². The SMILES string of the molecule is CC.CC.Fc1ccc(C2CC2(F)F)cc1F. The lowest BCUT2D eigenvalue weighted by Gasteiger charge is -1.99. The van der Waals surface area contributed by atoms with E-state index < -0.39 is 23.5 Å². The van der Waals surface area contributed by atoms with E-state index >= 15 is 0 Å². The molecular formula is C13H18F4. The second-order valence-corrected chi connectivity index (χ2v) is 3.19. The Kier molecular flexibility index (Phi) is 6.21. The summed E-state index contributed by atoms with van der Waals surface area (Å²) >= 11 is 0. The van der Waals surface area contributed by atoms with Crippen molar-refractivity contribution in [2.45, 2.75) is 46.0 Å². The topological polar surface area (TPSA) is 0 Å². The van der Waals surface area contributed by atoms with Crippen molar-refractivity contribution in [3.63, 3.8) is 0 Å². The van der Waals surface area contributed by atoms with Crippen LogP contribution in [0.5, 0.6) is 0 Å². The van der Waals surface area contributed by atoms with Gasteiger partial charge in [0.25, 0.3) is 5.92 Å². The molecule has 0 nitrogen and oxygen atoms in total. The van der Waals surface area contributed by atoms with Crippen molar-refractivity contribution in [3.05, 3.63) is 35.4 Å². The Hall–Kier alpha value is -1.06.